The van der Waals surface area contributed by atoms with Gasteiger partial charge in [0.15, 0.2) is 0 Å². The van der Waals surface area contributed by atoms with E-state index in [1.807, 2.05) is 45.9 Å². The molecule has 0 fully saturated rings. The van der Waals surface area contributed by atoms with E-state index in [4.69, 9.17) is 19.0 Å². The maximum Gasteiger partial charge on any atom is 0.140 e. The molecule has 1 rings (SSSR count). The van der Waals surface area contributed by atoms with Crippen molar-refractivity contribution in [3.8, 4) is 11.5 Å². The van der Waals surface area contributed by atoms with E-state index >= 15 is 0 Å². The number of hydrogen-bond acceptors (Lipinski definition) is 5. The lowest BCUT2D eigenvalue weighted by Crippen LogP contribution is -2.05. The molecule has 0 radical (unpaired) electrons. The van der Waals surface area contributed by atoms with Crippen LogP contribution in [0.1, 0.15) is 44.2 Å². The molecule has 0 aliphatic rings. The summed E-state index contributed by atoms with van der Waals surface area (Å²) in [5.74, 6) is 1.80. The molecule has 0 spiro atoms. The Morgan fingerprint density at radius 3 is 2.25 bits per heavy atom. The van der Waals surface area contributed by atoms with E-state index in [2.05, 4.69) is 37.0 Å². The topological polar surface area (TPSA) is 49.3 Å². The van der Waals surface area contributed by atoms with Crippen LogP contribution in [0.15, 0.2) is 26.8 Å². The fourth-order valence-corrected chi connectivity index (χ4v) is 2.72. The van der Waals surface area contributed by atoms with Crippen LogP contribution in [0.2, 0.25) is 0 Å². The zero-order valence-corrected chi connectivity index (χ0v) is 20.4. The molecule has 0 bridgehead atoms. The van der Waals surface area contributed by atoms with E-state index in [0.717, 1.165) is 57.6 Å². The van der Waals surface area contributed by atoms with Crippen LogP contribution in [0.4, 0.5) is 0 Å². The zero-order chi connectivity index (χ0) is 20.8. The maximum absolute atomic E-state index is 5.99. The van der Waals surface area contributed by atoms with Gasteiger partial charge >= 0.3 is 0 Å². The highest BCUT2D eigenvalue weighted by molar-refractivity contribution is 9.28. The van der Waals surface area contributed by atoms with E-state index in [9.17, 15) is 0 Å². The molecule has 0 N–H and O–H groups in total. The summed E-state index contributed by atoms with van der Waals surface area (Å²) in [6.45, 7) is 10.9. The molecule has 0 aromatic heterocycles. The number of oxime groups is 1. The molecule has 0 aliphatic heterocycles. The molecule has 1 aromatic carbocycles. The number of rotatable bonds is 14. The number of nitrogens with zero attached hydrogens (tertiary/aromatic N) is 1. The van der Waals surface area contributed by atoms with Crippen LogP contribution in [0.3, 0.4) is 0 Å². The van der Waals surface area contributed by atoms with Gasteiger partial charge in [0.1, 0.15) is 24.7 Å². The Morgan fingerprint density at radius 2 is 1.61 bits per heavy atom. The van der Waals surface area contributed by atoms with E-state index in [1.54, 1.807) is 0 Å². The first kappa shape index (κ1) is 25.0. The van der Waals surface area contributed by atoms with Gasteiger partial charge in [-0.1, -0.05) is 5.16 Å². The molecule has 0 unspecified atom stereocenters. The molecule has 1 aromatic rings. The van der Waals surface area contributed by atoms with Crippen molar-refractivity contribution in [2.24, 2.45) is 5.16 Å². The van der Waals surface area contributed by atoms with Crippen molar-refractivity contribution in [1.29, 1.82) is 0 Å². The van der Waals surface area contributed by atoms with Crippen molar-refractivity contribution >= 4 is 37.6 Å². The van der Waals surface area contributed by atoms with Gasteiger partial charge < -0.3 is 19.0 Å². The number of unbranched alkanes of at least 4 members (excludes halogenated alkanes) is 2. The van der Waals surface area contributed by atoms with Crippen LogP contribution >= 0.6 is 31.9 Å². The summed E-state index contributed by atoms with van der Waals surface area (Å²) in [5, 5.41) is 3.86. The lowest BCUT2D eigenvalue weighted by atomic mass is 10.1. The Hall–Kier alpha value is -1.05. The standard InChI is InChI=1S/C21H31Br2NO4/c1-16(2)24-28-13-12-25-9-6-5-7-10-27-21-17(3)14-19(15-18(21)4)26-11-8-20(22)23/h8,14-15H,5-7,9-13H2,1-4H3. The van der Waals surface area contributed by atoms with Gasteiger partial charge in [0.2, 0.25) is 0 Å². The first-order valence-corrected chi connectivity index (χ1v) is 11.1. The second kappa shape index (κ2) is 14.9. The molecule has 28 heavy (non-hydrogen) atoms. The molecule has 0 saturated carbocycles. The van der Waals surface area contributed by atoms with E-state index in [0.29, 0.717) is 26.4 Å². The first-order chi connectivity index (χ1) is 13.4. The van der Waals surface area contributed by atoms with Gasteiger partial charge in [-0.15, -0.1) is 0 Å². The summed E-state index contributed by atoms with van der Waals surface area (Å²) in [6, 6.07) is 4.02. The predicted octanol–water partition coefficient (Wildman–Crippen LogP) is 6.29. The number of hydrogen-bond donors (Lipinski definition) is 0. The second-order valence-corrected chi connectivity index (χ2v) is 9.36. The highest BCUT2D eigenvalue weighted by Gasteiger charge is 2.07. The van der Waals surface area contributed by atoms with Crippen molar-refractivity contribution < 1.29 is 19.0 Å². The van der Waals surface area contributed by atoms with Gasteiger partial charge in [-0.2, -0.15) is 0 Å². The van der Waals surface area contributed by atoms with Gasteiger partial charge in [0.25, 0.3) is 0 Å². The van der Waals surface area contributed by atoms with E-state index < -0.39 is 0 Å². The van der Waals surface area contributed by atoms with Crippen molar-refractivity contribution in [2.45, 2.75) is 47.0 Å². The number of aryl methyl sites for hydroxylation is 2. The Morgan fingerprint density at radius 1 is 0.929 bits per heavy atom. The van der Waals surface area contributed by atoms with Crippen LogP contribution in [0.25, 0.3) is 0 Å². The second-order valence-electron chi connectivity index (χ2n) is 6.58. The van der Waals surface area contributed by atoms with Crippen LogP contribution in [-0.2, 0) is 9.57 Å². The van der Waals surface area contributed by atoms with E-state index in [1.165, 1.54) is 0 Å². The fraction of sp³-hybridized carbons (Fsp3) is 0.571. The summed E-state index contributed by atoms with van der Waals surface area (Å²) in [7, 11) is 0. The zero-order valence-electron chi connectivity index (χ0n) is 17.2. The summed E-state index contributed by atoms with van der Waals surface area (Å²) < 4.78 is 18.1. The Bertz CT molecular complexity index is 616. The minimum Gasteiger partial charge on any atom is -0.493 e. The number of halogens is 2. The smallest absolute Gasteiger partial charge is 0.140 e. The lowest BCUT2D eigenvalue weighted by Gasteiger charge is -2.14. The average Bonchev–Trinajstić information content (AvgIpc) is 2.61. The highest BCUT2D eigenvalue weighted by atomic mass is 79.9. The molecule has 0 aliphatic carbocycles. The molecular formula is C21H31Br2NO4. The third kappa shape index (κ3) is 11.7. The molecule has 0 atom stereocenters. The average molecular weight is 521 g/mol. The highest BCUT2D eigenvalue weighted by Crippen LogP contribution is 2.29. The molecule has 5 nitrogen and oxygen atoms in total. The molecule has 0 amide bonds. The molecule has 0 heterocycles. The third-order valence-corrected chi connectivity index (χ3v) is 4.31. The molecular weight excluding hydrogens is 490 g/mol. The minimum atomic E-state index is 0.496. The maximum atomic E-state index is 5.99. The number of ether oxygens (including phenoxy) is 3. The van der Waals surface area contributed by atoms with Crippen LogP contribution in [0, 0.1) is 13.8 Å². The van der Waals surface area contributed by atoms with Crippen molar-refractivity contribution in [3.05, 3.63) is 32.7 Å². The van der Waals surface area contributed by atoms with Crippen LogP contribution < -0.4 is 9.47 Å². The molecule has 0 saturated heterocycles. The first-order valence-electron chi connectivity index (χ1n) is 9.49. The van der Waals surface area contributed by atoms with Gasteiger partial charge in [-0.3, -0.25) is 0 Å². The monoisotopic (exact) mass is 519 g/mol. The lowest BCUT2D eigenvalue weighted by molar-refractivity contribution is 0.0488. The van der Waals surface area contributed by atoms with Crippen LogP contribution in [0.5, 0.6) is 11.5 Å². The van der Waals surface area contributed by atoms with Gasteiger partial charge in [-0.05, 0) is 108 Å². The Balaban J connectivity index is 2.19. The minimum absolute atomic E-state index is 0.496. The number of benzene rings is 1. The normalized spacial score (nSPS) is 10.4. The van der Waals surface area contributed by atoms with Gasteiger partial charge in [-0.25, -0.2) is 0 Å². The summed E-state index contributed by atoms with van der Waals surface area (Å²) in [5.41, 5.74) is 3.09. The molecule has 158 valence electrons. The SMILES string of the molecule is CC(C)=NOCCOCCCCCOc1c(C)cc(OCC=C(Br)Br)cc1C. The summed E-state index contributed by atoms with van der Waals surface area (Å²) in [6.07, 6.45) is 4.99. The summed E-state index contributed by atoms with van der Waals surface area (Å²) >= 11 is 6.64. The van der Waals surface area contributed by atoms with Crippen molar-refractivity contribution in [3.63, 3.8) is 0 Å². The van der Waals surface area contributed by atoms with Gasteiger partial charge in [0, 0.05) is 6.61 Å². The van der Waals surface area contributed by atoms with Gasteiger partial charge in [0.05, 0.1) is 22.3 Å². The van der Waals surface area contributed by atoms with E-state index in [-0.39, 0.29) is 0 Å². The quantitative estimate of drug-likeness (QED) is 0.164. The Kier molecular flexibility index (Phi) is 13.3. The largest absolute Gasteiger partial charge is 0.493 e. The van der Waals surface area contributed by atoms with Crippen molar-refractivity contribution in [1.82, 2.24) is 0 Å². The van der Waals surface area contributed by atoms with Crippen molar-refractivity contribution in [2.75, 3.05) is 33.0 Å². The Labute approximate surface area is 185 Å². The predicted molar refractivity (Wildman–Crippen MR) is 122 cm³/mol. The molecule has 7 heteroatoms. The third-order valence-electron chi connectivity index (χ3n) is 3.67. The fourth-order valence-electron chi connectivity index (χ4n) is 2.45. The van der Waals surface area contributed by atoms with Crippen LogP contribution in [-0.4, -0.2) is 38.7 Å². The summed E-state index contributed by atoms with van der Waals surface area (Å²) in [4.78, 5) is 5.08.